The second-order valence-corrected chi connectivity index (χ2v) is 7.97. The number of aromatic nitrogens is 1. The highest BCUT2D eigenvalue weighted by molar-refractivity contribution is 7.87. The Hall–Kier alpha value is -2.63. The fourth-order valence-electron chi connectivity index (χ4n) is 2.81. The summed E-state index contributed by atoms with van der Waals surface area (Å²) < 4.78 is 30.7. The maximum absolute atomic E-state index is 12.6. The van der Waals surface area contributed by atoms with Gasteiger partial charge in [0.05, 0.1) is 0 Å². The van der Waals surface area contributed by atoms with E-state index in [0.717, 1.165) is 16.3 Å². The lowest BCUT2D eigenvalue weighted by molar-refractivity contribution is 0.489. The predicted octanol–water partition coefficient (Wildman–Crippen LogP) is 5.12. The van der Waals surface area contributed by atoms with Crippen LogP contribution in [-0.2, 0) is 10.1 Å². The van der Waals surface area contributed by atoms with Gasteiger partial charge in [-0.3, -0.25) is 4.98 Å². The average Bonchev–Trinajstić information content (AvgIpc) is 2.63. The molecule has 0 saturated carbocycles. The first-order valence-corrected chi connectivity index (χ1v) is 9.70. The summed E-state index contributed by atoms with van der Waals surface area (Å²) in [5.41, 5.74) is 0.973. The lowest BCUT2D eigenvalue weighted by atomic mass is 10.0. The SMILES string of the molecule is Cc1ccc(S(=O)(=O)Oc2ccc(Cl)c3cc4cnccc4cc23)cc1. The van der Waals surface area contributed by atoms with Gasteiger partial charge in [-0.1, -0.05) is 29.3 Å². The third-order valence-corrected chi connectivity index (χ3v) is 5.77. The smallest absolute Gasteiger partial charge is 0.339 e. The van der Waals surface area contributed by atoms with E-state index in [0.29, 0.717) is 15.8 Å². The number of pyridine rings is 1. The van der Waals surface area contributed by atoms with E-state index < -0.39 is 10.1 Å². The van der Waals surface area contributed by atoms with E-state index in [1.165, 1.54) is 12.1 Å². The van der Waals surface area contributed by atoms with Crippen LogP contribution in [0.25, 0.3) is 21.5 Å². The average molecular weight is 384 g/mol. The van der Waals surface area contributed by atoms with Crippen LogP contribution in [0.2, 0.25) is 5.02 Å². The van der Waals surface area contributed by atoms with Crippen molar-refractivity contribution in [3.05, 3.63) is 77.6 Å². The highest BCUT2D eigenvalue weighted by Gasteiger charge is 2.19. The van der Waals surface area contributed by atoms with Crippen molar-refractivity contribution in [3.8, 4) is 5.75 Å². The van der Waals surface area contributed by atoms with Crippen LogP contribution in [0.3, 0.4) is 0 Å². The Bertz CT molecular complexity index is 1240. The monoisotopic (exact) mass is 383 g/mol. The van der Waals surface area contributed by atoms with Crippen molar-refractivity contribution in [1.29, 1.82) is 0 Å². The first-order chi connectivity index (χ1) is 12.4. The Labute approximate surface area is 156 Å². The normalized spacial score (nSPS) is 11.8. The maximum atomic E-state index is 12.6. The van der Waals surface area contributed by atoms with Crippen LogP contribution in [0.15, 0.2) is 71.9 Å². The van der Waals surface area contributed by atoms with Crippen LogP contribution < -0.4 is 4.18 Å². The molecule has 0 aliphatic carbocycles. The third-order valence-electron chi connectivity index (χ3n) is 4.19. The molecule has 6 heteroatoms. The number of halogens is 1. The Morgan fingerprint density at radius 2 is 1.65 bits per heavy atom. The first kappa shape index (κ1) is 16.8. The minimum atomic E-state index is -3.94. The molecule has 0 unspecified atom stereocenters. The Morgan fingerprint density at radius 3 is 2.42 bits per heavy atom. The highest BCUT2D eigenvalue weighted by atomic mass is 35.5. The van der Waals surface area contributed by atoms with Gasteiger partial charge < -0.3 is 4.18 Å². The molecule has 0 bridgehead atoms. The minimum absolute atomic E-state index is 0.108. The summed E-state index contributed by atoms with van der Waals surface area (Å²) in [6, 6.07) is 15.3. The lowest BCUT2D eigenvalue weighted by Crippen LogP contribution is -2.10. The number of benzene rings is 3. The molecule has 0 aliphatic rings. The number of hydrogen-bond donors (Lipinski definition) is 0. The van der Waals surface area contributed by atoms with Gasteiger partial charge in [0.1, 0.15) is 4.90 Å². The van der Waals surface area contributed by atoms with E-state index in [1.807, 2.05) is 25.1 Å². The van der Waals surface area contributed by atoms with E-state index in [-0.39, 0.29) is 10.6 Å². The third kappa shape index (κ3) is 3.00. The molecule has 0 radical (unpaired) electrons. The van der Waals surface area contributed by atoms with Gasteiger partial charge in [-0.2, -0.15) is 8.42 Å². The molecular formula is C20H14ClNO3S. The molecule has 1 heterocycles. The molecule has 4 aromatic rings. The molecule has 0 atom stereocenters. The van der Waals surface area contributed by atoms with Gasteiger partial charge in [-0.25, -0.2) is 0 Å². The van der Waals surface area contributed by atoms with Gasteiger partial charge >= 0.3 is 10.1 Å². The van der Waals surface area contributed by atoms with E-state index >= 15 is 0 Å². The Balaban J connectivity index is 1.87. The molecule has 0 aliphatic heterocycles. The van der Waals surface area contributed by atoms with Crippen LogP contribution in [0.1, 0.15) is 5.56 Å². The van der Waals surface area contributed by atoms with Gasteiger partial charge in [0.2, 0.25) is 0 Å². The first-order valence-electron chi connectivity index (χ1n) is 7.91. The van der Waals surface area contributed by atoms with Gasteiger partial charge in [0.25, 0.3) is 0 Å². The quantitative estimate of drug-likeness (QED) is 0.364. The van der Waals surface area contributed by atoms with Crippen LogP contribution in [0.4, 0.5) is 0 Å². The van der Waals surface area contributed by atoms with Gasteiger partial charge in [-0.05, 0) is 54.8 Å². The minimum Gasteiger partial charge on any atom is -0.378 e. The molecule has 0 saturated heterocycles. The zero-order chi connectivity index (χ0) is 18.3. The van der Waals surface area contributed by atoms with Crippen molar-refractivity contribution in [3.63, 3.8) is 0 Å². The molecule has 0 spiro atoms. The number of fused-ring (bicyclic) bond motifs is 2. The van der Waals surface area contributed by atoms with Gasteiger partial charge in [-0.15, -0.1) is 0 Å². The second-order valence-electron chi connectivity index (χ2n) is 6.02. The number of aryl methyl sites for hydroxylation is 1. The van der Waals surface area contributed by atoms with Crippen molar-refractivity contribution in [2.75, 3.05) is 0 Å². The Kier molecular flexibility index (Phi) is 4.05. The largest absolute Gasteiger partial charge is 0.378 e. The summed E-state index contributed by atoms with van der Waals surface area (Å²) in [4.78, 5) is 4.22. The molecule has 0 amide bonds. The maximum Gasteiger partial charge on any atom is 0.339 e. The number of rotatable bonds is 3. The zero-order valence-electron chi connectivity index (χ0n) is 13.8. The summed E-state index contributed by atoms with van der Waals surface area (Å²) in [6.07, 6.45) is 3.42. The summed E-state index contributed by atoms with van der Waals surface area (Å²) in [6.45, 7) is 1.89. The van der Waals surface area contributed by atoms with E-state index in [2.05, 4.69) is 4.98 Å². The van der Waals surface area contributed by atoms with Gasteiger partial charge in [0.15, 0.2) is 5.75 Å². The lowest BCUT2D eigenvalue weighted by Gasteiger charge is -2.12. The number of hydrogen-bond acceptors (Lipinski definition) is 4. The fourth-order valence-corrected chi connectivity index (χ4v) is 3.98. The van der Waals surface area contributed by atoms with Crippen LogP contribution in [0.5, 0.6) is 5.75 Å². The molecular weight excluding hydrogens is 370 g/mol. The molecule has 4 rings (SSSR count). The van der Waals surface area contributed by atoms with Crippen LogP contribution in [-0.4, -0.2) is 13.4 Å². The summed E-state index contributed by atoms with van der Waals surface area (Å²) in [5.74, 6) is 0.240. The van der Waals surface area contributed by atoms with Crippen molar-refractivity contribution < 1.29 is 12.6 Å². The topological polar surface area (TPSA) is 56.3 Å². The molecule has 0 N–H and O–H groups in total. The molecule has 3 aromatic carbocycles. The fraction of sp³-hybridized carbons (Fsp3) is 0.0500. The highest BCUT2D eigenvalue weighted by Crippen LogP contribution is 2.35. The molecule has 0 fully saturated rings. The van der Waals surface area contributed by atoms with Crippen molar-refractivity contribution >= 4 is 43.3 Å². The molecule has 1 aromatic heterocycles. The van der Waals surface area contributed by atoms with Crippen LogP contribution in [0, 0.1) is 6.92 Å². The summed E-state index contributed by atoms with van der Waals surface area (Å²) >= 11 is 6.31. The van der Waals surface area contributed by atoms with E-state index in [1.54, 1.807) is 36.7 Å². The van der Waals surface area contributed by atoms with Crippen molar-refractivity contribution in [2.45, 2.75) is 11.8 Å². The Morgan fingerprint density at radius 1 is 0.923 bits per heavy atom. The zero-order valence-corrected chi connectivity index (χ0v) is 15.4. The van der Waals surface area contributed by atoms with Crippen molar-refractivity contribution in [2.24, 2.45) is 0 Å². The van der Waals surface area contributed by atoms with E-state index in [4.69, 9.17) is 15.8 Å². The molecule has 4 nitrogen and oxygen atoms in total. The standard InChI is InChI=1S/C20H14ClNO3S/c1-13-2-4-16(5-3-13)26(23,24)25-20-7-6-19(21)17-11-15-12-22-9-8-14(15)10-18(17)20/h2-12H,1H3. The van der Waals surface area contributed by atoms with Crippen molar-refractivity contribution in [1.82, 2.24) is 4.98 Å². The molecule has 26 heavy (non-hydrogen) atoms. The number of nitrogens with zero attached hydrogens (tertiary/aromatic N) is 1. The summed E-state index contributed by atoms with van der Waals surface area (Å²) in [5, 5.41) is 3.70. The van der Waals surface area contributed by atoms with E-state index in [9.17, 15) is 8.42 Å². The second kappa shape index (κ2) is 6.27. The molecule has 130 valence electrons. The summed E-state index contributed by atoms with van der Waals surface area (Å²) in [7, 11) is -3.94. The predicted molar refractivity (Wildman–Crippen MR) is 103 cm³/mol. The van der Waals surface area contributed by atoms with Crippen LogP contribution >= 0.6 is 11.6 Å². The van der Waals surface area contributed by atoms with Gasteiger partial charge in [0, 0.05) is 33.6 Å².